The topological polar surface area (TPSA) is 152 Å². The van der Waals surface area contributed by atoms with Gasteiger partial charge in [0.25, 0.3) is 0 Å². The van der Waals surface area contributed by atoms with Crippen LogP contribution in [-0.2, 0) is 47.7 Å². The highest BCUT2D eigenvalue weighted by Gasteiger charge is 2.42. The number of fused-ring (bicyclic) bond motifs is 2. The van der Waals surface area contributed by atoms with Gasteiger partial charge in [0.1, 0.15) is 37.6 Å². The molecular formula is C30H39ClO11. The number of hydrogen-bond acceptors (Lipinski definition) is 11. The lowest BCUT2D eigenvalue weighted by Crippen LogP contribution is -2.37. The number of aliphatic hydroxyl groups is 1. The molecule has 12 heteroatoms. The summed E-state index contributed by atoms with van der Waals surface area (Å²) in [5, 5.41) is 11.6. The summed E-state index contributed by atoms with van der Waals surface area (Å²) in [5.74, 6) is -2.78. The first kappa shape index (κ1) is 34.9. The van der Waals surface area contributed by atoms with Crippen molar-refractivity contribution in [3.8, 4) is 0 Å². The number of Topliss-reactive ketones (excluding diaryl/α,β-unsaturated/α-hetero) is 1. The van der Waals surface area contributed by atoms with Crippen molar-refractivity contribution in [3.63, 3.8) is 0 Å². The van der Waals surface area contributed by atoms with Crippen LogP contribution < -0.4 is 0 Å². The van der Waals surface area contributed by atoms with Crippen molar-refractivity contribution in [1.82, 2.24) is 0 Å². The van der Waals surface area contributed by atoms with Gasteiger partial charge in [0.05, 0.1) is 18.9 Å². The predicted octanol–water partition coefficient (Wildman–Crippen LogP) is 3.56. The molecule has 2 aliphatic heterocycles. The van der Waals surface area contributed by atoms with Gasteiger partial charge < -0.3 is 28.8 Å². The Hall–Kier alpha value is -3.28. The summed E-state index contributed by atoms with van der Waals surface area (Å²) in [7, 11) is 0. The minimum Gasteiger partial charge on any atom is -0.461 e. The molecule has 5 atom stereocenters. The second-order valence-corrected chi connectivity index (χ2v) is 10.8. The van der Waals surface area contributed by atoms with E-state index >= 15 is 0 Å². The van der Waals surface area contributed by atoms with Crippen LogP contribution in [0.15, 0.2) is 46.6 Å². The Kier molecular flexibility index (Phi) is 14.1. The number of allylic oxidation sites excluding steroid dienone is 3. The Bertz CT molecular complexity index is 1140. The second-order valence-electron chi connectivity index (χ2n) is 10.3. The highest BCUT2D eigenvalue weighted by Crippen LogP contribution is 2.32. The molecule has 0 aromatic carbocycles. The summed E-state index contributed by atoms with van der Waals surface area (Å²) in [4.78, 5) is 59.7. The lowest BCUT2D eigenvalue weighted by Gasteiger charge is -2.24. The number of aliphatic hydroxyl groups excluding tert-OH is 1. The van der Waals surface area contributed by atoms with Crippen molar-refractivity contribution < 1.29 is 52.8 Å². The van der Waals surface area contributed by atoms with Crippen molar-refractivity contribution in [2.45, 2.75) is 96.7 Å². The van der Waals surface area contributed by atoms with Gasteiger partial charge in [-0.2, -0.15) is 0 Å². The number of carbonyl (C=O) groups is 5. The van der Waals surface area contributed by atoms with Crippen LogP contribution in [0.3, 0.4) is 0 Å². The molecule has 0 amide bonds. The van der Waals surface area contributed by atoms with Gasteiger partial charge in [-0.1, -0.05) is 42.0 Å². The van der Waals surface area contributed by atoms with Crippen molar-refractivity contribution in [2.24, 2.45) is 0 Å². The average molecular weight is 611 g/mol. The highest BCUT2D eigenvalue weighted by atomic mass is 35.5. The van der Waals surface area contributed by atoms with Crippen molar-refractivity contribution >= 4 is 41.3 Å². The maximum absolute atomic E-state index is 13.1. The third-order valence-electron chi connectivity index (χ3n) is 6.55. The van der Waals surface area contributed by atoms with Crippen LogP contribution in [0.1, 0.15) is 66.2 Å². The van der Waals surface area contributed by atoms with Crippen LogP contribution in [0, 0.1) is 0 Å². The molecule has 232 valence electrons. The van der Waals surface area contributed by atoms with Crippen molar-refractivity contribution in [1.29, 1.82) is 0 Å². The van der Waals surface area contributed by atoms with Crippen molar-refractivity contribution in [2.75, 3.05) is 13.2 Å². The molecular weight excluding hydrogens is 572 g/mol. The van der Waals surface area contributed by atoms with Crippen LogP contribution in [0.5, 0.6) is 0 Å². The van der Waals surface area contributed by atoms with Crippen LogP contribution >= 0.6 is 11.6 Å². The van der Waals surface area contributed by atoms with Gasteiger partial charge in [-0.3, -0.25) is 24.0 Å². The van der Waals surface area contributed by atoms with E-state index in [4.69, 9.17) is 35.3 Å². The lowest BCUT2D eigenvalue weighted by molar-refractivity contribution is -0.159. The SMILES string of the molecule is C=C(COC(=O)C/C(C)=C/[C@@H](O)[C@@H]1O[C@@H]2CC/C(Cl)=C\C/C=C(/COC(C)=O)[C@H](OC(C)=O)CC(=O)O[C@@H]1C2)C(C)=O. The van der Waals surface area contributed by atoms with E-state index in [2.05, 4.69) is 6.58 Å². The smallest absolute Gasteiger partial charge is 0.310 e. The first-order valence-electron chi connectivity index (χ1n) is 13.6. The molecule has 0 spiro atoms. The fraction of sp³-hybridized carbons (Fsp3) is 0.567. The molecule has 0 saturated carbocycles. The molecule has 0 aromatic heterocycles. The first-order valence-corrected chi connectivity index (χ1v) is 14.0. The van der Waals surface area contributed by atoms with E-state index in [0.717, 1.165) is 0 Å². The van der Waals surface area contributed by atoms with Gasteiger partial charge in [-0.25, -0.2) is 0 Å². The number of ether oxygens (including phenoxy) is 5. The zero-order valence-electron chi connectivity index (χ0n) is 24.4. The van der Waals surface area contributed by atoms with Crippen LogP contribution in [0.4, 0.5) is 0 Å². The molecule has 2 rings (SSSR count). The Morgan fingerprint density at radius 1 is 1.14 bits per heavy atom. The van der Waals surface area contributed by atoms with E-state index in [9.17, 15) is 29.1 Å². The van der Waals surface area contributed by atoms with Gasteiger partial charge in [0.2, 0.25) is 0 Å². The molecule has 1 N–H and O–H groups in total. The fourth-order valence-corrected chi connectivity index (χ4v) is 4.58. The van der Waals surface area contributed by atoms with E-state index in [1.165, 1.54) is 26.8 Å². The Labute approximate surface area is 250 Å². The minimum atomic E-state index is -1.24. The number of carbonyl (C=O) groups excluding carboxylic acids is 5. The molecule has 2 aliphatic rings. The molecule has 0 aromatic rings. The van der Waals surface area contributed by atoms with E-state index < -0.39 is 48.3 Å². The Morgan fingerprint density at radius 3 is 2.50 bits per heavy atom. The molecule has 2 heterocycles. The summed E-state index contributed by atoms with van der Waals surface area (Å²) in [6.07, 6.45) is 1.49. The fourth-order valence-electron chi connectivity index (χ4n) is 4.38. The molecule has 1 fully saturated rings. The maximum Gasteiger partial charge on any atom is 0.310 e. The van der Waals surface area contributed by atoms with E-state index in [1.54, 1.807) is 19.1 Å². The lowest BCUT2D eigenvalue weighted by atomic mass is 10.0. The summed E-state index contributed by atoms with van der Waals surface area (Å²) >= 11 is 6.41. The Morgan fingerprint density at radius 2 is 1.86 bits per heavy atom. The minimum absolute atomic E-state index is 0.148. The first-order chi connectivity index (χ1) is 19.7. The maximum atomic E-state index is 13.1. The van der Waals surface area contributed by atoms with Gasteiger partial charge in [-0.05, 0) is 33.1 Å². The Balaban J connectivity index is 2.22. The third kappa shape index (κ3) is 12.3. The summed E-state index contributed by atoms with van der Waals surface area (Å²) in [5.41, 5.74) is 1.03. The van der Waals surface area contributed by atoms with Crippen LogP contribution in [-0.4, -0.2) is 78.5 Å². The monoisotopic (exact) mass is 610 g/mol. The van der Waals surface area contributed by atoms with Gasteiger partial charge in [-0.15, -0.1) is 0 Å². The standard InChI is InChI=1S/C30H39ClO11/c1-17(12-28(36)39-15-18(2)19(3)32)11-25(35)30-27-13-24(41-30)10-9-23(31)8-6-7-22(16-38-20(4)33)26(40-21(5)34)14-29(37)42-27/h7-8,11,24-27,30,35H,2,6,9-10,12-16H2,1,3-5H3/b17-11+,22-7-,23-8+/t24-,25-,26-,27-,30+/m1/s1. The zero-order valence-corrected chi connectivity index (χ0v) is 25.1. The molecule has 2 bridgehead atoms. The molecule has 42 heavy (non-hydrogen) atoms. The highest BCUT2D eigenvalue weighted by molar-refractivity contribution is 6.29. The number of halogens is 1. The summed E-state index contributed by atoms with van der Waals surface area (Å²) in [6.45, 7) is 8.50. The largest absolute Gasteiger partial charge is 0.461 e. The van der Waals surface area contributed by atoms with E-state index in [-0.39, 0.29) is 49.9 Å². The van der Waals surface area contributed by atoms with Gasteiger partial charge >= 0.3 is 23.9 Å². The van der Waals surface area contributed by atoms with E-state index in [0.29, 0.717) is 35.4 Å². The number of ketones is 1. The van der Waals surface area contributed by atoms with Gasteiger partial charge in [0.15, 0.2) is 5.78 Å². The number of rotatable bonds is 10. The zero-order chi connectivity index (χ0) is 31.4. The third-order valence-corrected chi connectivity index (χ3v) is 6.90. The molecule has 0 radical (unpaired) electrons. The van der Waals surface area contributed by atoms with Crippen LogP contribution in [0.25, 0.3) is 0 Å². The van der Waals surface area contributed by atoms with Crippen LogP contribution in [0.2, 0.25) is 0 Å². The second kappa shape index (κ2) is 17.0. The number of hydrogen-bond donors (Lipinski definition) is 1. The molecule has 11 nitrogen and oxygen atoms in total. The molecule has 1 saturated heterocycles. The van der Waals surface area contributed by atoms with Crippen molar-refractivity contribution in [3.05, 3.63) is 46.6 Å². The quantitative estimate of drug-likeness (QED) is 0.167. The molecule has 0 unspecified atom stereocenters. The normalized spacial score (nSPS) is 26.7. The summed E-state index contributed by atoms with van der Waals surface area (Å²) < 4.78 is 27.3. The average Bonchev–Trinajstić information content (AvgIpc) is 3.28. The predicted molar refractivity (Wildman–Crippen MR) is 151 cm³/mol. The van der Waals surface area contributed by atoms with Gasteiger partial charge in [0, 0.05) is 36.4 Å². The summed E-state index contributed by atoms with van der Waals surface area (Å²) in [6, 6.07) is 0. The number of esters is 4. The van der Waals surface area contributed by atoms with E-state index in [1.807, 2.05) is 0 Å². The molecule has 0 aliphatic carbocycles.